The minimum atomic E-state index is -4.38. The van der Waals surface area contributed by atoms with Crippen LogP contribution in [0.3, 0.4) is 0 Å². The van der Waals surface area contributed by atoms with Gasteiger partial charge in [-0.1, -0.05) is 40.2 Å². The third kappa shape index (κ3) is 5.97. The fourth-order valence-electron chi connectivity index (χ4n) is 1.92. The molecule has 2 aliphatic carbocycles. The summed E-state index contributed by atoms with van der Waals surface area (Å²) in [4.78, 5) is 1.36. The van der Waals surface area contributed by atoms with Gasteiger partial charge in [0.1, 0.15) is 0 Å². The molecule has 0 saturated heterocycles. The van der Waals surface area contributed by atoms with Gasteiger partial charge in [0.2, 0.25) is 5.96 Å². The summed E-state index contributed by atoms with van der Waals surface area (Å²) in [5, 5.41) is 8.50. The van der Waals surface area contributed by atoms with Gasteiger partial charge in [0.25, 0.3) is 0 Å². The van der Waals surface area contributed by atoms with Gasteiger partial charge in [-0.2, -0.15) is 13.2 Å². The van der Waals surface area contributed by atoms with E-state index >= 15 is 0 Å². The molecule has 0 unspecified atom stereocenters. The second-order valence-electron chi connectivity index (χ2n) is 5.18. The van der Waals surface area contributed by atoms with Gasteiger partial charge >= 0.3 is 6.18 Å². The lowest BCUT2D eigenvalue weighted by Crippen LogP contribution is -2.34. The van der Waals surface area contributed by atoms with Crippen molar-refractivity contribution >= 4 is 39.5 Å². The Morgan fingerprint density at radius 1 is 1.16 bits per heavy atom. The first kappa shape index (κ1) is 19.7. The average molecular weight is 432 g/mol. The quantitative estimate of drug-likeness (QED) is 0.191. The summed E-state index contributed by atoms with van der Waals surface area (Å²) in [6.07, 6.45) is -4.38. The summed E-state index contributed by atoms with van der Waals surface area (Å²) in [7, 11) is 1.54. The van der Waals surface area contributed by atoms with E-state index < -0.39 is 11.7 Å². The maximum absolute atomic E-state index is 12.6. The second kappa shape index (κ2) is 8.62. The maximum Gasteiger partial charge on any atom is 0.416 e. The molecule has 134 valence electrons. The van der Waals surface area contributed by atoms with Gasteiger partial charge in [0.15, 0.2) is 0 Å². The smallest absolute Gasteiger partial charge is 0.315 e. The minimum Gasteiger partial charge on any atom is -0.315 e. The molecule has 3 nitrogen and oxygen atoms in total. The molecule has 0 atom stereocenters. The monoisotopic (exact) mass is 431 g/mol. The Morgan fingerprint density at radius 3 is 2.28 bits per heavy atom. The molecule has 1 aromatic rings. The Balaban J connectivity index is 0.000000306. The average Bonchev–Trinajstić information content (AvgIpc) is 3.19. The Morgan fingerprint density at radius 2 is 1.80 bits per heavy atom. The van der Waals surface area contributed by atoms with Crippen LogP contribution in [-0.4, -0.2) is 24.1 Å². The molecule has 0 heterocycles. The maximum atomic E-state index is 12.6. The van der Waals surface area contributed by atoms with Crippen LogP contribution in [0.15, 0.2) is 48.5 Å². The van der Waals surface area contributed by atoms with E-state index in [1.165, 1.54) is 40.1 Å². The summed E-state index contributed by atoms with van der Waals surface area (Å²) in [5.74, 6) is 0.781. The van der Waals surface area contributed by atoms with E-state index in [2.05, 4.69) is 44.9 Å². The number of nitrogens with one attached hydrogen (secondary N) is 2. The van der Waals surface area contributed by atoms with Crippen LogP contribution in [0.5, 0.6) is 0 Å². The van der Waals surface area contributed by atoms with Gasteiger partial charge < -0.3 is 9.62 Å². The van der Waals surface area contributed by atoms with E-state index in [4.69, 9.17) is 5.41 Å². The van der Waals surface area contributed by atoms with Crippen LogP contribution in [-0.2, 0) is 6.18 Å². The number of anilines is 1. The molecule has 0 amide bonds. The summed E-state index contributed by atoms with van der Waals surface area (Å²) in [6, 6.07) is 13.4. The van der Waals surface area contributed by atoms with Crippen molar-refractivity contribution in [3.05, 3.63) is 54.1 Å². The van der Waals surface area contributed by atoms with Crippen molar-refractivity contribution in [2.45, 2.75) is 6.18 Å². The van der Waals surface area contributed by atoms with Gasteiger partial charge in [-0.3, -0.25) is 5.41 Å². The second-order valence-corrected chi connectivity index (χ2v) is 6.87. The molecule has 0 bridgehead atoms. The predicted molar refractivity (Wildman–Crippen MR) is 102 cm³/mol. The first-order valence-corrected chi connectivity index (χ1v) is 9.47. The highest BCUT2D eigenvalue weighted by molar-refractivity contribution is 9.09. The highest BCUT2D eigenvalue weighted by Gasteiger charge is 2.30. The molecule has 2 aliphatic rings. The number of alkyl halides is 4. The number of nitrogens with zero attached hydrogens (tertiary/aromatic N) is 1. The SMILES string of the molecule is CN(C(=N)NSCCBr)c1cccc(C(F)(F)F)c1.c1cc2cc-2c1. The van der Waals surface area contributed by atoms with E-state index in [0.717, 1.165) is 23.2 Å². The van der Waals surface area contributed by atoms with Crippen molar-refractivity contribution in [2.24, 2.45) is 0 Å². The topological polar surface area (TPSA) is 39.1 Å². The van der Waals surface area contributed by atoms with Crippen LogP contribution in [0.25, 0.3) is 11.1 Å². The van der Waals surface area contributed by atoms with Gasteiger partial charge in [-0.25, -0.2) is 0 Å². The van der Waals surface area contributed by atoms with Crippen molar-refractivity contribution in [3.63, 3.8) is 0 Å². The zero-order valence-corrected chi connectivity index (χ0v) is 15.8. The van der Waals surface area contributed by atoms with Crippen LogP contribution in [0.1, 0.15) is 5.56 Å². The third-order valence-electron chi connectivity index (χ3n) is 3.36. The Labute approximate surface area is 157 Å². The van der Waals surface area contributed by atoms with Crippen molar-refractivity contribution in [3.8, 4) is 11.1 Å². The molecule has 25 heavy (non-hydrogen) atoms. The van der Waals surface area contributed by atoms with Crippen LogP contribution in [0.4, 0.5) is 18.9 Å². The minimum absolute atomic E-state index is 0.0327. The number of halogens is 4. The van der Waals surface area contributed by atoms with Gasteiger partial charge in [-0.05, 0) is 47.3 Å². The van der Waals surface area contributed by atoms with Crippen molar-refractivity contribution in [1.29, 1.82) is 5.41 Å². The van der Waals surface area contributed by atoms with E-state index in [0.29, 0.717) is 5.69 Å². The summed E-state index contributed by atoms with van der Waals surface area (Å²) in [6.45, 7) is 0. The van der Waals surface area contributed by atoms with E-state index in [-0.39, 0.29) is 5.96 Å². The Hall–Kier alpha value is -1.67. The molecule has 2 N–H and O–H groups in total. The Kier molecular flexibility index (Phi) is 6.78. The molecule has 0 aliphatic heterocycles. The van der Waals surface area contributed by atoms with Gasteiger partial charge in [-0.15, -0.1) is 0 Å². The molecule has 0 radical (unpaired) electrons. The number of hydrogen-bond acceptors (Lipinski definition) is 2. The lowest BCUT2D eigenvalue weighted by Gasteiger charge is -2.21. The highest BCUT2D eigenvalue weighted by atomic mass is 79.9. The number of fused-ring (bicyclic) bond motifs is 1. The van der Waals surface area contributed by atoms with Gasteiger partial charge in [0, 0.05) is 23.8 Å². The van der Waals surface area contributed by atoms with E-state index in [1.807, 2.05) is 0 Å². The van der Waals surface area contributed by atoms with E-state index in [1.54, 1.807) is 7.05 Å². The third-order valence-corrected chi connectivity index (χ3v) is 5.02. The molecular formula is C17H17BrF3N3S. The normalized spacial score (nSPS) is 11.2. The van der Waals surface area contributed by atoms with Gasteiger partial charge in [0.05, 0.1) is 5.56 Å². The van der Waals surface area contributed by atoms with Crippen molar-refractivity contribution in [2.75, 3.05) is 23.0 Å². The van der Waals surface area contributed by atoms with Crippen molar-refractivity contribution in [1.82, 2.24) is 4.72 Å². The molecule has 0 aromatic heterocycles. The molecule has 3 rings (SSSR count). The predicted octanol–water partition coefficient (Wildman–Crippen LogP) is 5.38. The molecule has 0 fully saturated rings. The number of guanidine groups is 1. The van der Waals surface area contributed by atoms with E-state index in [9.17, 15) is 13.2 Å². The van der Waals surface area contributed by atoms with Crippen molar-refractivity contribution < 1.29 is 13.2 Å². The fourth-order valence-corrected chi connectivity index (χ4v) is 2.86. The Bertz CT molecular complexity index is 720. The zero-order chi connectivity index (χ0) is 18.4. The number of hydrogen-bond donors (Lipinski definition) is 2. The molecule has 1 aromatic carbocycles. The standard InChI is InChI=1S/C11H13BrF3N3S.C6H4/c1-18(10(16)17-19-6-5-12)9-4-2-3-8(7-9)11(13,14)15;1-2-5-4-6(5)3-1/h2-4,7H,5-6H2,1H3,(H2,16,17);1-4H. The molecule has 0 spiro atoms. The van der Waals surface area contributed by atoms with Crippen LogP contribution in [0, 0.1) is 5.41 Å². The van der Waals surface area contributed by atoms with Crippen LogP contribution < -0.4 is 9.62 Å². The molecule has 8 heteroatoms. The zero-order valence-electron chi connectivity index (χ0n) is 13.4. The largest absolute Gasteiger partial charge is 0.416 e. The summed E-state index contributed by atoms with van der Waals surface area (Å²) < 4.78 is 40.5. The lowest BCUT2D eigenvalue weighted by atomic mass is 10.2. The lowest BCUT2D eigenvalue weighted by molar-refractivity contribution is -0.137. The first-order chi connectivity index (χ1) is 11.8. The number of benzene rings is 2. The summed E-state index contributed by atoms with van der Waals surface area (Å²) >= 11 is 4.55. The van der Waals surface area contributed by atoms with Crippen LogP contribution in [0.2, 0.25) is 0 Å². The molecule has 0 saturated carbocycles. The fraction of sp³-hybridized carbons (Fsp3) is 0.235. The molecular weight excluding hydrogens is 415 g/mol. The summed E-state index contributed by atoms with van der Waals surface area (Å²) in [5.41, 5.74) is 2.44. The van der Waals surface area contributed by atoms with Crippen LogP contribution >= 0.6 is 27.9 Å². The highest BCUT2D eigenvalue weighted by Crippen LogP contribution is 2.33. The number of rotatable bonds is 4. The first-order valence-electron chi connectivity index (χ1n) is 7.36.